The highest BCUT2D eigenvalue weighted by Crippen LogP contribution is 2.36. The van der Waals surface area contributed by atoms with Crippen LogP contribution in [0.15, 0.2) is 69.7 Å². The molecule has 0 saturated heterocycles. The van der Waals surface area contributed by atoms with Crippen molar-refractivity contribution in [3.63, 3.8) is 0 Å². The Labute approximate surface area is 191 Å². The molecule has 2 aromatic carbocycles. The van der Waals surface area contributed by atoms with Gasteiger partial charge >= 0.3 is 0 Å². The van der Waals surface area contributed by atoms with Crippen molar-refractivity contribution >= 4 is 33.4 Å². The summed E-state index contributed by atoms with van der Waals surface area (Å²) >= 11 is 6.33. The molecule has 11 heteroatoms. The van der Waals surface area contributed by atoms with Gasteiger partial charge in [-0.2, -0.15) is 18.6 Å². The van der Waals surface area contributed by atoms with Gasteiger partial charge in [-0.15, -0.1) is 5.10 Å². The number of benzene rings is 2. The van der Waals surface area contributed by atoms with Gasteiger partial charge in [0.2, 0.25) is 5.96 Å². The van der Waals surface area contributed by atoms with Gasteiger partial charge in [0.1, 0.15) is 0 Å². The third-order valence-corrected chi connectivity index (χ3v) is 6.07. The number of hydrogen-bond donors (Lipinski definition) is 4. The van der Waals surface area contributed by atoms with E-state index in [0.29, 0.717) is 6.42 Å². The Hall–Kier alpha value is -3.21. The Morgan fingerprint density at radius 2 is 1.78 bits per heavy atom. The lowest BCUT2D eigenvalue weighted by Gasteiger charge is -2.23. The predicted molar refractivity (Wildman–Crippen MR) is 124 cm³/mol. The molecule has 9 nitrogen and oxygen atoms in total. The fourth-order valence-corrected chi connectivity index (χ4v) is 4.27. The van der Waals surface area contributed by atoms with Crippen molar-refractivity contribution in [3.05, 3.63) is 82.1 Å². The predicted octanol–water partition coefficient (Wildman–Crippen LogP) is 3.01. The average molecular weight is 475 g/mol. The first kappa shape index (κ1) is 23.5. The Morgan fingerprint density at radius 1 is 1.12 bits per heavy atom. The molecule has 1 aromatic heterocycles. The lowest BCUT2D eigenvalue weighted by Crippen LogP contribution is -2.23. The molecule has 0 aliphatic heterocycles. The van der Waals surface area contributed by atoms with Crippen LogP contribution in [0.1, 0.15) is 34.9 Å². The van der Waals surface area contributed by atoms with Crippen LogP contribution in [0.2, 0.25) is 5.02 Å². The van der Waals surface area contributed by atoms with Crippen LogP contribution in [0.5, 0.6) is 0 Å². The molecule has 6 N–H and O–H groups in total. The fraction of sp³-hybridized carbons (Fsp3) is 0.190. The number of nitrogens with zero attached hydrogens (tertiary/aromatic N) is 3. The molecule has 0 amide bonds. The minimum absolute atomic E-state index is 0.0601. The summed E-state index contributed by atoms with van der Waals surface area (Å²) in [5, 5.41) is 16.2. The number of guanidine groups is 1. The third-order valence-electron chi connectivity index (χ3n) is 4.86. The second-order valence-corrected chi connectivity index (χ2v) is 8.99. The molecule has 32 heavy (non-hydrogen) atoms. The van der Waals surface area contributed by atoms with Crippen LogP contribution in [0.3, 0.4) is 0 Å². The molecular weight excluding hydrogens is 452 g/mol. The summed E-state index contributed by atoms with van der Waals surface area (Å²) in [6, 6.07) is 15.3. The summed E-state index contributed by atoms with van der Waals surface area (Å²) in [5.41, 5.74) is 15.6. The maximum absolute atomic E-state index is 10.4. The largest absolute Gasteiger partial charge is 0.369 e. The maximum Gasteiger partial charge on any atom is 0.294 e. The Balaban J connectivity index is 0.000000243. The SMILES string of the molecule is Cc1[nH]nc2c1C(=NN=C(N)N)CC(c1ccccc1Cl)C2.O=S(=O)(O)c1ccccc1. The van der Waals surface area contributed by atoms with E-state index in [-0.39, 0.29) is 16.8 Å². The number of halogens is 1. The molecule has 1 aliphatic rings. The minimum atomic E-state index is -4.00. The number of H-pyrrole nitrogens is 1. The number of rotatable bonds is 3. The molecule has 3 aromatic rings. The zero-order chi connectivity index (χ0) is 23.3. The molecule has 168 valence electrons. The quantitative estimate of drug-likeness (QED) is 0.197. The first-order chi connectivity index (χ1) is 15.2. The van der Waals surface area contributed by atoms with Crippen LogP contribution in [-0.2, 0) is 16.5 Å². The van der Waals surface area contributed by atoms with Gasteiger partial charge in [0.25, 0.3) is 10.1 Å². The number of fused-ring (bicyclic) bond motifs is 1. The summed E-state index contributed by atoms with van der Waals surface area (Å²) in [7, 11) is -4.00. The van der Waals surface area contributed by atoms with E-state index < -0.39 is 10.1 Å². The minimum Gasteiger partial charge on any atom is -0.369 e. The molecule has 1 unspecified atom stereocenters. The smallest absolute Gasteiger partial charge is 0.294 e. The van der Waals surface area contributed by atoms with E-state index in [2.05, 4.69) is 20.4 Å². The monoisotopic (exact) mass is 474 g/mol. The number of hydrogen-bond acceptors (Lipinski definition) is 5. The van der Waals surface area contributed by atoms with Crippen LogP contribution >= 0.6 is 11.6 Å². The van der Waals surface area contributed by atoms with Gasteiger partial charge in [0.15, 0.2) is 0 Å². The van der Waals surface area contributed by atoms with Crippen molar-refractivity contribution < 1.29 is 13.0 Å². The Morgan fingerprint density at radius 3 is 2.38 bits per heavy atom. The van der Waals surface area contributed by atoms with Gasteiger partial charge in [-0.25, -0.2) is 0 Å². The molecule has 0 fully saturated rings. The molecule has 1 aliphatic carbocycles. The van der Waals surface area contributed by atoms with E-state index in [0.717, 1.165) is 39.7 Å². The van der Waals surface area contributed by atoms with Gasteiger partial charge in [0.05, 0.1) is 16.3 Å². The van der Waals surface area contributed by atoms with Gasteiger partial charge in [-0.05, 0) is 49.4 Å². The fourth-order valence-electron chi connectivity index (χ4n) is 3.48. The summed E-state index contributed by atoms with van der Waals surface area (Å²) in [6.45, 7) is 1.96. The van der Waals surface area contributed by atoms with Crippen LogP contribution in [0, 0.1) is 6.92 Å². The van der Waals surface area contributed by atoms with Crippen molar-refractivity contribution in [2.24, 2.45) is 21.7 Å². The van der Waals surface area contributed by atoms with Crippen molar-refractivity contribution in [3.8, 4) is 0 Å². The van der Waals surface area contributed by atoms with Gasteiger partial charge < -0.3 is 11.5 Å². The van der Waals surface area contributed by atoms with Gasteiger partial charge in [0, 0.05) is 16.3 Å². The van der Waals surface area contributed by atoms with Crippen molar-refractivity contribution in [1.82, 2.24) is 10.2 Å². The van der Waals surface area contributed by atoms with E-state index in [1.807, 2.05) is 31.2 Å². The zero-order valence-corrected chi connectivity index (χ0v) is 18.8. The van der Waals surface area contributed by atoms with Crippen LogP contribution in [0.25, 0.3) is 0 Å². The highest BCUT2D eigenvalue weighted by Gasteiger charge is 2.29. The molecule has 0 radical (unpaired) electrons. The number of aryl methyl sites for hydroxylation is 1. The first-order valence-electron chi connectivity index (χ1n) is 9.63. The van der Waals surface area contributed by atoms with E-state index >= 15 is 0 Å². The summed E-state index contributed by atoms with van der Waals surface area (Å²) in [5.74, 6) is 0.145. The lowest BCUT2D eigenvalue weighted by molar-refractivity contribution is 0.483. The summed E-state index contributed by atoms with van der Waals surface area (Å²) in [4.78, 5) is -0.0741. The molecule has 0 saturated carbocycles. The molecular formula is C21H23ClN6O3S. The van der Waals surface area contributed by atoms with Crippen molar-refractivity contribution in [1.29, 1.82) is 0 Å². The van der Waals surface area contributed by atoms with Crippen LogP contribution in [0.4, 0.5) is 0 Å². The molecule has 0 bridgehead atoms. The number of nitrogens with one attached hydrogen (secondary N) is 1. The molecule has 1 heterocycles. The highest BCUT2D eigenvalue weighted by atomic mass is 35.5. The van der Waals surface area contributed by atoms with Crippen LogP contribution < -0.4 is 11.5 Å². The van der Waals surface area contributed by atoms with Crippen molar-refractivity contribution in [2.45, 2.75) is 30.6 Å². The van der Waals surface area contributed by atoms with E-state index in [1.54, 1.807) is 18.2 Å². The van der Waals surface area contributed by atoms with E-state index in [9.17, 15) is 8.42 Å². The highest BCUT2D eigenvalue weighted by molar-refractivity contribution is 7.85. The average Bonchev–Trinajstić information content (AvgIpc) is 3.14. The Bertz CT molecular complexity index is 1250. The number of aromatic amines is 1. The molecule has 4 rings (SSSR count). The normalized spacial score (nSPS) is 16.6. The molecule has 1 atom stereocenters. The zero-order valence-electron chi connectivity index (χ0n) is 17.2. The van der Waals surface area contributed by atoms with E-state index in [1.165, 1.54) is 12.1 Å². The van der Waals surface area contributed by atoms with Gasteiger partial charge in [-0.1, -0.05) is 48.0 Å². The Kier molecular flexibility index (Phi) is 7.29. The molecule has 0 spiro atoms. The second kappa shape index (κ2) is 9.94. The number of nitrogens with two attached hydrogens (primary N) is 2. The maximum atomic E-state index is 10.4. The number of aromatic nitrogens is 2. The standard InChI is InChI=1S/C15H17ClN6.C6H6O3S/c1-8-14-12(20-19-8)6-9(7-13(14)21-22-15(17)18)10-4-2-3-5-11(10)16;7-10(8,9)6-4-2-1-3-5-6/h2-5,9H,6-7H2,1H3,(H,19,20)(H4,17,18,22);1-5H,(H,7,8,9). The van der Waals surface area contributed by atoms with E-state index in [4.69, 9.17) is 27.6 Å². The van der Waals surface area contributed by atoms with Gasteiger partial charge in [-0.3, -0.25) is 9.65 Å². The first-order valence-corrected chi connectivity index (χ1v) is 11.4. The van der Waals surface area contributed by atoms with Crippen molar-refractivity contribution in [2.75, 3.05) is 0 Å². The van der Waals surface area contributed by atoms with Crippen LogP contribution in [-0.4, -0.2) is 34.8 Å². The third kappa shape index (κ3) is 5.72. The lowest BCUT2D eigenvalue weighted by atomic mass is 9.81. The second-order valence-electron chi connectivity index (χ2n) is 7.16. The topological polar surface area (TPSA) is 160 Å². The summed E-state index contributed by atoms with van der Waals surface area (Å²) < 4.78 is 29.2. The summed E-state index contributed by atoms with van der Waals surface area (Å²) in [6.07, 6.45) is 1.53.